The Hall–Kier alpha value is 0.527. The van der Waals surface area contributed by atoms with E-state index in [1.165, 1.54) is 0 Å². The maximum atomic E-state index is 10.7. The first-order valence-electron chi connectivity index (χ1n) is 2.49. The monoisotopic (exact) mass is 135 g/mol. The lowest BCUT2D eigenvalue weighted by molar-refractivity contribution is 0.444. The summed E-state index contributed by atoms with van der Waals surface area (Å²) >= 11 is 3.92. The van der Waals surface area contributed by atoms with E-state index in [9.17, 15) is 4.80 Å². The van der Waals surface area contributed by atoms with Crippen molar-refractivity contribution in [2.75, 3.05) is 0 Å². The van der Waals surface area contributed by atoms with Crippen molar-refractivity contribution in [1.29, 1.82) is 0 Å². The van der Waals surface area contributed by atoms with Gasteiger partial charge in [0.1, 0.15) is 0 Å². The van der Waals surface area contributed by atoms with Gasteiger partial charge in [-0.2, -0.15) is 12.1 Å². The van der Waals surface area contributed by atoms with Gasteiger partial charge < -0.3 is 0 Å². The van der Waals surface area contributed by atoms with E-state index >= 15 is 0 Å². The van der Waals surface area contributed by atoms with E-state index in [0.29, 0.717) is 0 Å². The van der Waals surface area contributed by atoms with Crippen molar-refractivity contribution in [2.24, 2.45) is 0 Å². The van der Waals surface area contributed by atoms with Crippen LogP contribution in [0.1, 0.15) is 13.3 Å². The molecule has 1 atom stereocenters. The fourth-order valence-corrected chi connectivity index (χ4v) is 2.06. The second-order valence-corrected chi connectivity index (χ2v) is 7.61. The summed E-state index contributed by atoms with van der Waals surface area (Å²) < 4.78 is 0. The van der Waals surface area contributed by atoms with Crippen LogP contribution in [0.15, 0.2) is 0 Å². The highest BCUT2D eigenvalue weighted by atomic mass is 32.3. The van der Waals surface area contributed by atoms with E-state index < -0.39 is 7.47 Å². The summed E-state index contributed by atoms with van der Waals surface area (Å²) in [7, 11) is -2.21. The lowest BCUT2D eigenvalue weighted by Crippen LogP contribution is -2.17. The quantitative estimate of drug-likeness (QED) is 0.440. The van der Waals surface area contributed by atoms with Gasteiger partial charge in [-0.3, -0.25) is 4.80 Å². The van der Waals surface area contributed by atoms with Gasteiger partial charge >= 0.3 is 0 Å². The lowest BCUT2D eigenvalue weighted by Gasteiger charge is -2.05. The molecule has 0 saturated heterocycles. The highest BCUT2D eigenvalue weighted by molar-refractivity contribution is 8.13. The fraction of sp³-hybridized carbons (Fsp3) is 1.00. The molecule has 0 aliphatic carbocycles. The average Bonchev–Trinajstić information content (AvgIpc) is 1.30. The number of hydrogen-bond donors (Lipinski definition) is 1. The Labute approximate surface area is 50.9 Å². The molecule has 0 aromatic rings. The first-order chi connectivity index (χ1) is 3.06. The standard InChI is InChI=1S/C4H11OSSi/c1-3-4-7(2,5)6/h6H,3-4H2,1-2H3. The summed E-state index contributed by atoms with van der Waals surface area (Å²) in [4.78, 5) is 10.7. The maximum Gasteiger partial charge on any atom is 0.290 e. The molecule has 0 aromatic heterocycles. The van der Waals surface area contributed by atoms with Gasteiger partial charge in [-0.25, -0.2) is 0 Å². The van der Waals surface area contributed by atoms with Gasteiger partial charge in [0.05, 0.1) is 0 Å². The molecule has 0 N–H and O–H groups in total. The summed E-state index contributed by atoms with van der Waals surface area (Å²) in [6.07, 6.45) is 0.982. The van der Waals surface area contributed by atoms with Crippen LogP contribution in [0.3, 0.4) is 0 Å². The summed E-state index contributed by atoms with van der Waals surface area (Å²) in [5, 5.41) is 0. The van der Waals surface area contributed by atoms with Gasteiger partial charge in [0.2, 0.25) is 0 Å². The zero-order chi connectivity index (χ0) is 5.91. The van der Waals surface area contributed by atoms with E-state index in [-0.39, 0.29) is 0 Å². The van der Waals surface area contributed by atoms with E-state index in [1.807, 2.05) is 6.92 Å². The van der Waals surface area contributed by atoms with Gasteiger partial charge in [-0.05, 0) is 12.6 Å². The summed E-state index contributed by atoms with van der Waals surface area (Å²) in [5.41, 5.74) is 0. The number of hydrogen-bond acceptors (Lipinski definition) is 1. The normalized spacial score (nSPS) is 18.9. The van der Waals surface area contributed by atoms with Crippen LogP contribution in [0, 0.1) is 0 Å². The van der Waals surface area contributed by atoms with Crippen molar-refractivity contribution in [2.45, 2.75) is 25.9 Å². The maximum absolute atomic E-state index is 10.7. The molecule has 0 heterocycles. The summed E-state index contributed by atoms with van der Waals surface area (Å²) in [6.45, 7) is 3.74. The lowest BCUT2D eigenvalue weighted by atomic mass is 10.6. The van der Waals surface area contributed by atoms with Crippen molar-refractivity contribution in [3.8, 4) is 0 Å². The third-order valence-electron chi connectivity index (χ3n) is 0.714. The van der Waals surface area contributed by atoms with Gasteiger partial charge in [0, 0.05) is 0 Å². The average molecular weight is 135 g/mol. The van der Waals surface area contributed by atoms with Crippen LogP contribution < -0.4 is 0 Å². The molecule has 0 aromatic carbocycles. The minimum Gasteiger partial charge on any atom is -0.284 e. The van der Waals surface area contributed by atoms with Crippen LogP contribution in [-0.2, 0) is 4.80 Å². The second kappa shape index (κ2) is 2.74. The molecule has 0 spiro atoms. The third kappa shape index (κ3) is 6.53. The van der Waals surface area contributed by atoms with Crippen LogP contribution in [-0.4, -0.2) is 7.47 Å². The Balaban J connectivity index is 3.15. The first-order valence-corrected chi connectivity index (χ1v) is 6.39. The molecular weight excluding hydrogens is 124 g/mol. The van der Waals surface area contributed by atoms with Crippen molar-refractivity contribution in [1.82, 2.24) is 0 Å². The Kier molecular flexibility index (Phi) is 2.95. The van der Waals surface area contributed by atoms with Crippen molar-refractivity contribution in [3.63, 3.8) is 0 Å². The topological polar surface area (TPSA) is 19.9 Å². The van der Waals surface area contributed by atoms with Crippen molar-refractivity contribution in [3.05, 3.63) is 0 Å². The molecule has 1 unspecified atom stereocenters. The first kappa shape index (κ1) is 7.53. The molecule has 0 rings (SSSR count). The molecule has 0 aliphatic heterocycles. The van der Waals surface area contributed by atoms with Crippen LogP contribution in [0.25, 0.3) is 0 Å². The molecule has 3 heteroatoms. The number of rotatable bonds is 2. The van der Waals surface area contributed by atoms with Crippen molar-refractivity contribution >= 4 is 19.5 Å². The van der Waals surface area contributed by atoms with E-state index in [1.54, 1.807) is 6.55 Å². The summed E-state index contributed by atoms with van der Waals surface area (Å²) in [6, 6.07) is 0.788. The van der Waals surface area contributed by atoms with Gasteiger partial charge in [0.15, 0.2) is 0 Å². The largest absolute Gasteiger partial charge is 0.290 e. The highest BCUT2D eigenvalue weighted by Crippen LogP contribution is 2.11. The van der Waals surface area contributed by atoms with E-state index in [0.717, 1.165) is 12.5 Å². The van der Waals surface area contributed by atoms with Crippen LogP contribution in [0.4, 0.5) is 0 Å². The molecule has 7 heavy (non-hydrogen) atoms. The zero-order valence-corrected chi connectivity index (χ0v) is 6.66. The SMILES string of the molecule is CCC[Si](C)([O])S. The molecule has 1 radical (unpaired) electrons. The van der Waals surface area contributed by atoms with Gasteiger partial charge in [-0.15, -0.1) is 0 Å². The minimum absolute atomic E-state index is 0.788. The molecule has 0 bridgehead atoms. The Bertz CT molecular complexity index is 50.1. The molecule has 0 aliphatic rings. The third-order valence-corrected chi connectivity index (χ3v) is 2.81. The zero-order valence-electron chi connectivity index (χ0n) is 4.77. The Morgan fingerprint density at radius 2 is 2.14 bits per heavy atom. The van der Waals surface area contributed by atoms with Crippen LogP contribution >= 0.6 is 12.1 Å². The molecule has 0 saturated carbocycles. The highest BCUT2D eigenvalue weighted by Gasteiger charge is 2.18. The van der Waals surface area contributed by atoms with Crippen LogP contribution in [0.5, 0.6) is 0 Å². The molecule has 1 nitrogen and oxygen atoms in total. The predicted molar refractivity (Wildman–Crippen MR) is 36.4 cm³/mol. The molecule has 43 valence electrons. The molecule has 0 amide bonds. The van der Waals surface area contributed by atoms with Gasteiger partial charge in [0.25, 0.3) is 7.47 Å². The summed E-state index contributed by atoms with van der Waals surface area (Å²) in [5.74, 6) is 0. The molecular formula is C4H11OSSi. The minimum atomic E-state index is -2.21. The van der Waals surface area contributed by atoms with Crippen LogP contribution in [0.2, 0.25) is 12.6 Å². The molecule has 0 fully saturated rings. The number of thiol groups is 1. The second-order valence-electron chi connectivity index (χ2n) is 1.93. The predicted octanol–water partition coefficient (Wildman–Crippen LogP) is 1.83. The Morgan fingerprint density at radius 1 is 1.71 bits per heavy atom. The van der Waals surface area contributed by atoms with Crippen molar-refractivity contribution < 1.29 is 4.80 Å². The van der Waals surface area contributed by atoms with E-state index in [2.05, 4.69) is 12.1 Å². The van der Waals surface area contributed by atoms with E-state index in [4.69, 9.17) is 0 Å². The smallest absolute Gasteiger partial charge is 0.284 e. The fourth-order valence-electron chi connectivity index (χ4n) is 0.464. The van der Waals surface area contributed by atoms with Gasteiger partial charge in [-0.1, -0.05) is 13.3 Å². The Morgan fingerprint density at radius 3 is 2.14 bits per heavy atom.